The summed E-state index contributed by atoms with van der Waals surface area (Å²) in [6.07, 6.45) is 1.59. The molecule has 0 saturated carbocycles. The number of nitrogens with one attached hydrogen (secondary N) is 1. The van der Waals surface area contributed by atoms with E-state index >= 15 is 0 Å². The van der Waals surface area contributed by atoms with Crippen molar-refractivity contribution in [2.45, 2.75) is 18.4 Å². The minimum absolute atomic E-state index is 0.132. The Labute approximate surface area is 118 Å². The summed E-state index contributed by atoms with van der Waals surface area (Å²) in [4.78, 5) is 4.28. The maximum absolute atomic E-state index is 12.2. The number of benzene rings is 1. The third kappa shape index (κ3) is 3.34. The first kappa shape index (κ1) is 14.5. The number of rotatable bonds is 5. The van der Waals surface area contributed by atoms with Crippen molar-refractivity contribution in [1.29, 1.82) is 0 Å². The van der Waals surface area contributed by atoms with E-state index in [1.54, 1.807) is 36.5 Å². The van der Waals surface area contributed by atoms with E-state index in [-0.39, 0.29) is 11.4 Å². The highest BCUT2D eigenvalue weighted by molar-refractivity contribution is 7.89. The molecule has 0 fully saturated rings. The second-order valence-corrected chi connectivity index (χ2v) is 6.08. The molecule has 1 N–H and O–H groups in total. The summed E-state index contributed by atoms with van der Waals surface area (Å²) < 4.78 is 32.0. The fourth-order valence-corrected chi connectivity index (χ4v) is 2.89. The minimum Gasteiger partial charge on any atom is -0.481 e. The van der Waals surface area contributed by atoms with E-state index in [1.165, 1.54) is 7.11 Å². The highest BCUT2D eigenvalue weighted by atomic mass is 32.2. The molecule has 2 aromatic rings. The van der Waals surface area contributed by atoms with E-state index in [2.05, 4.69) is 9.71 Å². The lowest BCUT2D eigenvalue weighted by atomic mass is 10.2. The molecule has 0 unspecified atom stereocenters. The fraction of sp³-hybridized carbons (Fsp3) is 0.214. The van der Waals surface area contributed by atoms with Gasteiger partial charge in [0.25, 0.3) is 0 Å². The van der Waals surface area contributed by atoms with Gasteiger partial charge in [0.05, 0.1) is 12.0 Å². The van der Waals surface area contributed by atoms with Gasteiger partial charge in [-0.3, -0.25) is 0 Å². The summed E-state index contributed by atoms with van der Waals surface area (Å²) in [5.74, 6) is 0.416. The van der Waals surface area contributed by atoms with Crippen LogP contribution in [0.1, 0.15) is 11.1 Å². The number of hydrogen-bond acceptors (Lipinski definition) is 4. The van der Waals surface area contributed by atoms with Crippen LogP contribution in [0.25, 0.3) is 0 Å². The Morgan fingerprint density at radius 1 is 1.25 bits per heavy atom. The molecule has 0 radical (unpaired) electrons. The minimum atomic E-state index is -3.54. The molecule has 20 heavy (non-hydrogen) atoms. The number of methoxy groups -OCH3 is 1. The molecule has 0 aliphatic rings. The van der Waals surface area contributed by atoms with Crippen LogP contribution in [0.5, 0.6) is 5.88 Å². The van der Waals surface area contributed by atoms with Crippen LogP contribution < -0.4 is 9.46 Å². The van der Waals surface area contributed by atoms with Crippen LogP contribution in [0.2, 0.25) is 0 Å². The first-order chi connectivity index (χ1) is 9.53. The lowest BCUT2D eigenvalue weighted by Gasteiger charge is -2.09. The molecule has 0 bridgehead atoms. The van der Waals surface area contributed by atoms with Gasteiger partial charge in [-0.25, -0.2) is 18.1 Å². The number of ether oxygens (including phenoxy) is 1. The van der Waals surface area contributed by atoms with Gasteiger partial charge in [0.15, 0.2) is 0 Å². The van der Waals surface area contributed by atoms with Gasteiger partial charge in [0, 0.05) is 18.3 Å². The van der Waals surface area contributed by atoms with Gasteiger partial charge < -0.3 is 4.74 Å². The van der Waals surface area contributed by atoms with Crippen molar-refractivity contribution in [2.24, 2.45) is 0 Å². The van der Waals surface area contributed by atoms with E-state index in [1.807, 2.05) is 13.0 Å². The van der Waals surface area contributed by atoms with E-state index in [4.69, 9.17) is 4.74 Å². The van der Waals surface area contributed by atoms with Crippen LogP contribution in [0.15, 0.2) is 47.5 Å². The zero-order valence-corrected chi connectivity index (χ0v) is 12.1. The van der Waals surface area contributed by atoms with E-state index in [0.717, 1.165) is 5.56 Å². The summed E-state index contributed by atoms with van der Waals surface area (Å²) in [5.41, 5.74) is 1.58. The molecule has 0 spiro atoms. The Bertz CT molecular complexity index is 699. The van der Waals surface area contributed by atoms with Crippen molar-refractivity contribution in [1.82, 2.24) is 9.71 Å². The van der Waals surface area contributed by atoms with Crippen LogP contribution in [0.3, 0.4) is 0 Å². The average molecular weight is 292 g/mol. The first-order valence-corrected chi connectivity index (χ1v) is 7.55. The summed E-state index contributed by atoms with van der Waals surface area (Å²) in [6, 6.07) is 10.3. The summed E-state index contributed by atoms with van der Waals surface area (Å²) >= 11 is 0. The summed E-state index contributed by atoms with van der Waals surface area (Å²) in [5, 5.41) is 0. The van der Waals surface area contributed by atoms with Crippen molar-refractivity contribution in [3.63, 3.8) is 0 Å². The zero-order chi connectivity index (χ0) is 14.6. The lowest BCUT2D eigenvalue weighted by molar-refractivity contribution is 0.392. The molecule has 5 nitrogen and oxygen atoms in total. The normalized spacial score (nSPS) is 11.3. The predicted molar refractivity (Wildman–Crippen MR) is 76.0 cm³/mol. The highest BCUT2D eigenvalue weighted by Gasteiger charge is 2.14. The smallest absolute Gasteiger partial charge is 0.240 e. The van der Waals surface area contributed by atoms with Crippen molar-refractivity contribution in [2.75, 3.05) is 7.11 Å². The van der Waals surface area contributed by atoms with E-state index < -0.39 is 10.0 Å². The molecular formula is C14H16N2O3S. The van der Waals surface area contributed by atoms with Gasteiger partial charge in [-0.2, -0.15) is 0 Å². The Morgan fingerprint density at radius 2 is 2.05 bits per heavy atom. The Hall–Kier alpha value is -1.92. The average Bonchev–Trinajstić information content (AvgIpc) is 2.45. The SMILES string of the molecule is COc1ncccc1CNS(=O)(=O)c1cccc(C)c1. The predicted octanol–water partition coefficient (Wildman–Crippen LogP) is 1.88. The highest BCUT2D eigenvalue weighted by Crippen LogP contribution is 2.15. The van der Waals surface area contributed by atoms with Gasteiger partial charge in [-0.1, -0.05) is 18.2 Å². The fourth-order valence-electron chi connectivity index (χ4n) is 1.78. The quantitative estimate of drug-likeness (QED) is 0.913. The van der Waals surface area contributed by atoms with Gasteiger partial charge in [-0.15, -0.1) is 0 Å². The van der Waals surface area contributed by atoms with Crippen molar-refractivity contribution < 1.29 is 13.2 Å². The number of aromatic nitrogens is 1. The molecule has 1 aromatic heterocycles. The molecule has 106 valence electrons. The molecular weight excluding hydrogens is 276 g/mol. The van der Waals surface area contributed by atoms with Gasteiger partial charge >= 0.3 is 0 Å². The number of nitrogens with zero attached hydrogens (tertiary/aromatic N) is 1. The van der Waals surface area contributed by atoms with Crippen LogP contribution in [0, 0.1) is 6.92 Å². The molecule has 1 aromatic carbocycles. The summed E-state index contributed by atoms with van der Waals surface area (Å²) in [6.45, 7) is 1.98. The monoisotopic (exact) mass is 292 g/mol. The lowest BCUT2D eigenvalue weighted by Crippen LogP contribution is -2.23. The number of aryl methyl sites for hydroxylation is 1. The van der Waals surface area contributed by atoms with E-state index in [9.17, 15) is 8.42 Å². The van der Waals surface area contributed by atoms with Gasteiger partial charge in [0.1, 0.15) is 0 Å². The number of hydrogen-bond donors (Lipinski definition) is 1. The molecule has 1 heterocycles. The van der Waals surface area contributed by atoms with Gasteiger partial charge in [-0.05, 0) is 30.7 Å². The first-order valence-electron chi connectivity index (χ1n) is 6.07. The molecule has 6 heteroatoms. The van der Waals surface area contributed by atoms with Crippen LogP contribution >= 0.6 is 0 Å². The Balaban J connectivity index is 2.17. The standard InChI is InChI=1S/C14H16N2O3S/c1-11-5-3-7-13(9-11)20(17,18)16-10-12-6-4-8-15-14(12)19-2/h3-9,16H,10H2,1-2H3. The third-order valence-corrected chi connectivity index (χ3v) is 4.19. The van der Waals surface area contributed by atoms with E-state index in [0.29, 0.717) is 11.4 Å². The molecule has 0 aliphatic carbocycles. The Kier molecular flexibility index (Phi) is 4.36. The topological polar surface area (TPSA) is 68.3 Å². The second kappa shape index (κ2) is 6.02. The van der Waals surface area contributed by atoms with Crippen LogP contribution in [-0.4, -0.2) is 20.5 Å². The molecule has 0 atom stereocenters. The second-order valence-electron chi connectivity index (χ2n) is 4.31. The molecule has 2 rings (SSSR count). The molecule has 0 aliphatic heterocycles. The zero-order valence-electron chi connectivity index (χ0n) is 11.3. The third-order valence-electron chi connectivity index (χ3n) is 2.80. The van der Waals surface area contributed by atoms with Crippen LogP contribution in [0.4, 0.5) is 0 Å². The number of sulfonamides is 1. The van der Waals surface area contributed by atoms with Gasteiger partial charge in [0.2, 0.25) is 15.9 Å². The van der Waals surface area contributed by atoms with Crippen molar-refractivity contribution >= 4 is 10.0 Å². The summed E-state index contributed by atoms with van der Waals surface area (Å²) in [7, 11) is -2.04. The maximum Gasteiger partial charge on any atom is 0.240 e. The maximum atomic E-state index is 12.2. The largest absolute Gasteiger partial charge is 0.481 e. The van der Waals surface area contributed by atoms with Crippen molar-refractivity contribution in [3.8, 4) is 5.88 Å². The van der Waals surface area contributed by atoms with Crippen LogP contribution in [-0.2, 0) is 16.6 Å². The van der Waals surface area contributed by atoms with Crippen molar-refractivity contribution in [3.05, 3.63) is 53.7 Å². The molecule has 0 amide bonds. The Morgan fingerprint density at radius 3 is 2.75 bits per heavy atom. The number of pyridine rings is 1. The molecule has 0 saturated heterocycles.